The molecule has 2 aliphatic rings. The van der Waals surface area contributed by atoms with E-state index < -0.39 is 29.2 Å². The SMILES string of the molecule is CO/N=C(\C(=O)N[C@@H]1C(=O)N2C(C(=O)O)=C(Cn3cn[n+]4nc(OC)ccc34)CS[C@H]12)c1csc(N)n1. The topological polar surface area (TPSA) is 191 Å². The summed E-state index contributed by atoms with van der Waals surface area (Å²) in [5.41, 5.74) is 6.71. The highest BCUT2D eigenvalue weighted by atomic mass is 32.2. The van der Waals surface area contributed by atoms with Crippen molar-refractivity contribution in [1.82, 2.24) is 30.0 Å². The van der Waals surface area contributed by atoms with Gasteiger partial charge in [-0.05, 0) is 10.2 Å². The zero-order valence-corrected chi connectivity index (χ0v) is 21.0. The van der Waals surface area contributed by atoms with E-state index in [9.17, 15) is 19.5 Å². The minimum atomic E-state index is -1.24. The number of fused-ring (bicyclic) bond motifs is 2. The van der Waals surface area contributed by atoms with Crippen LogP contribution in [0.3, 0.4) is 0 Å². The number of nitrogens with one attached hydrogen (secondary N) is 1. The summed E-state index contributed by atoms with van der Waals surface area (Å²) in [6.45, 7) is 0.176. The van der Waals surface area contributed by atoms with Crippen LogP contribution in [0.2, 0.25) is 0 Å². The van der Waals surface area contributed by atoms with Crippen molar-refractivity contribution in [3.8, 4) is 5.88 Å². The number of nitrogen functional groups attached to an aromatic ring is 1. The molecule has 3 aromatic rings. The lowest BCUT2D eigenvalue weighted by Crippen LogP contribution is -2.71. The highest BCUT2D eigenvalue weighted by Crippen LogP contribution is 2.40. The maximum atomic E-state index is 13.0. The standard InChI is InChI=1S/C20H19N9O6S2/c1-34-11-3-4-12-27(8-22-29(12)25-11)5-9-6-36-18-14(17(31)28(18)15(9)19(32)33)24-16(30)13(26-35-2)10-7-37-20(21)23-10/h3-4,7-8,14,18H,5-6H2,1-2H3,(H3-,21,23,24,30,32,33)/p+1/b26-13-/t14-,18-/m1/s1. The van der Waals surface area contributed by atoms with Crippen LogP contribution >= 0.6 is 23.1 Å². The first-order valence-electron chi connectivity index (χ1n) is 10.6. The lowest BCUT2D eigenvalue weighted by molar-refractivity contribution is -0.642. The summed E-state index contributed by atoms with van der Waals surface area (Å²) >= 11 is 2.46. The summed E-state index contributed by atoms with van der Waals surface area (Å²) in [7, 11) is 2.77. The predicted octanol–water partition coefficient (Wildman–Crippen LogP) is -1.15. The van der Waals surface area contributed by atoms with Gasteiger partial charge < -0.3 is 25.7 Å². The fraction of sp³-hybridized carbons (Fsp3) is 0.300. The number of carbonyl (C=O) groups excluding carboxylic acids is 2. The molecular formula is C20H20N9O6S2+. The minimum Gasteiger partial charge on any atom is -0.479 e. The Morgan fingerprint density at radius 3 is 2.86 bits per heavy atom. The van der Waals surface area contributed by atoms with Crippen LogP contribution in [0.5, 0.6) is 5.88 Å². The largest absolute Gasteiger partial charge is 0.479 e. The number of aromatic nitrogens is 5. The third kappa shape index (κ3) is 4.31. The summed E-state index contributed by atoms with van der Waals surface area (Å²) in [5.74, 6) is -1.79. The Bertz CT molecular complexity index is 1480. The van der Waals surface area contributed by atoms with Gasteiger partial charge in [-0.1, -0.05) is 5.16 Å². The molecule has 0 unspecified atom stereocenters. The zero-order chi connectivity index (χ0) is 26.3. The number of carboxylic acids is 1. The molecule has 0 radical (unpaired) electrons. The number of hydrogen-bond acceptors (Lipinski definition) is 12. The molecule has 2 amide bonds. The molecule has 2 atom stereocenters. The molecule has 2 aliphatic heterocycles. The molecule has 1 fully saturated rings. The average molecular weight is 547 g/mol. The molecule has 3 aromatic heterocycles. The van der Waals surface area contributed by atoms with Gasteiger partial charge in [-0.2, -0.15) is 0 Å². The summed E-state index contributed by atoms with van der Waals surface area (Å²) in [6, 6.07) is 2.46. The van der Waals surface area contributed by atoms with E-state index in [0.29, 0.717) is 22.9 Å². The molecule has 1 saturated heterocycles. The lowest BCUT2D eigenvalue weighted by Gasteiger charge is -2.49. The number of ether oxygens (including phenoxy) is 1. The second-order valence-corrected chi connectivity index (χ2v) is 9.79. The first-order chi connectivity index (χ1) is 17.8. The van der Waals surface area contributed by atoms with Gasteiger partial charge in [0.2, 0.25) is 6.33 Å². The summed E-state index contributed by atoms with van der Waals surface area (Å²) in [6.07, 6.45) is 1.52. The smallest absolute Gasteiger partial charge is 0.352 e. The van der Waals surface area contributed by atoms with Gasteiger partial charge in [0.1, 0.15) is 36.5 Å². The number of nitrogens with zero attached hydrogens (tertiary/aromatic N) is 7. The van der Waals surface area contributed by atoms with E-state index in [4.69, 9.17) is 15.3 Å². The van der Waals surface area contributed by atoms with E-state index in [1.807, 2.05) is 0 Å². The number of amides is 2. The van der Waals surface area contributed by atoms with Gasteiger partial charge in [0.05, 0.1) is 7.11 Å². The fourth-order valence-electron chi connectivity index (χ4n) is 4.00. The van der Waals surface area contributed by atoms with Crippen molar-refractivity contribution in [3.63, 3.8) is 0 Å². The number of methoxy groups -OCH3 is 1. The van der Waals surface area contributed by atoms with E-state index in [-0.39, 0.29) is 28.8 Å². The molecule has 0 spiro atoms. The molecule has 37 heavy (non-hydrogen) atoms. The highest BCUT2D eigenvalue weighted by molar-refractivity contribution is 8.00. The zero-order valence-electron chi connectivity index (χ0n) is 19.4. The van der Waals surface area contributed by atoms with E-state index in [2.05, 4.69) is 25.7 Å². The molecule has 15 nitrogen and oxygen atoms in total. The number of anilines is 1. The Balaban J connectivity index is 1.37. The normalized spacial score (nSPS) is 19.5. The van der Waals surface area contributed by atoms with Crippen LogP contribution in [-0.2, 0) is 25.8 Å². The quantitative estimate of drug-likeness (QED) is 0.134. The highest BCUT2D eigenvalue weighted by Gasteiger charge is 2.54. The second kappa shape index (κ2) is 9.66. The number of carbonyl (C=O) groups is 3. The summed E-state index contributed by atoms with van der Waals surface area (Å²) in [4.78, 5) is 48.1. The van der Waals surface area contributed by atoms with Gasteiger partial charge in [0.25, 0.3) is 17.7 Å². The Morgan fingerprint density at radius 2 is 2.19 bits per heavy atom. The molecule has 192 valence electrons. The first-order valence-corrected chi connectivity index (χ1v) is 12.6. The van der Waals surface area contributed by atoms with Crippen molar-refractivity contribution in [2.24, 2.45) is 5.16 Å². The van der Waals surface area contributed by atoms with E-state index in [1.54, 1.807) is 16.7 Å². The van der Waals surface area contributed by atoms with Gasteiger partial charge in [-0.25, -0.2) is 14.3 Å². The van der Waals surface area contributed by atoms with Crippen LogP contribution in [0.4, 0.5) is 5.13 Å². The number of rotatable bonds is 8. The van der Waals surface area contributed by atoms with Crippen molar-refractivity contribution in [2.45, 2.75) is 18.0 Å². The molecule has 0 saturated carbocycles. The second-order valence-electron chi connectivity index (χ2n) is 7.79. The van der Waals surface area contributed by atoms with Crippen molar-refractivity contribution in [2.75, 3.05) is 25.7 Å². The Labute approximate surface area is 216 Å². The maximum absolute atomic E-state index is 13.0. The molecular weight excluding hydrogens is 526 g/mol. The summed E-state index contributed by atoms with van der Waals surface area (Å²) < 4.78 is 8.19. The molecule has 5 rings (SSSR count). The number of hydrogen-bond donors (Lipinski definition) is 3. The van der Waals surface area contributed by atoms with Crippen LogP contribution < -0.4 is 20.4 Å². The molecule has 5 heterocycles. The average Bonchev–Trinajstić information content (AvgIpc) is 3.50. The predicted molar refractivity (Wildman–Crippen MR) is 129 cm³/mol. The lowest BCUT2D eigenvalue weighted by atomic mass is 10.0. The van der Waals surface area contributed by atoms with Crippen LogP contribution in [0.15, 0.2) is 40.3 Å². The van der Waals surface area contributed by atoms with Gasteiger partial charge in [-0.15, -0.1) is 23.1 Å². The third-order valence-corrected chi connectivity index (χ3v) is 7.65. The molecule has 0 bridgehead atoms. The van der Waals surface area contributed by atoms with E-state index >= 15 is 0 Å². The van der Waals surface area contributed by atoms with Crippen LogP contribution in [0.25, 0.3) is 5.65 Å². The first kappa shape index (κ1) is 24.4. The van der Waals surface area contributed by atoms with Gasteiger partial charge in [0, 0.05) is 33.5 Å². The number of thiazole rings is 1. The van der Waals surface area contributed by atoms with Gasteiger partial charge >= 0.3 is 11.6 Å². The van der Waals surface area contributed by atoms with Crippen molar-refractivity contribution in [1.29, 1.82) is 0 Å². The molecule has 17 heteroatoms. The monoisotopic (exact) mass is 546 g/mol. The van der Waals surface area contributed by atoms with Crippen molar-refractivity contribution >= 4 is 57.4 Å². The van der Waals surface area contributed by atoms with Crippen molar-refractivity contribution in [3.05, 3.63) is 40.8 Å². The Hall–Kier alpha value is -4.25. The van der Waals surface area contributed by atoms with E-state index in [0.717, 1.165) is 11.3 Å². The maximum Gasteiger partial charge on any atom is 0.352 e. The Morgan fingerprint density at radius 1 is 1.38 bits per heavy atom. The van der Waals surface area contributed by atoms with Crippen LogP contribution in [0.1, 0.15) is 5.69 Å². The number of oxime groups is 1. The Kier molecular flexibility index (Phi) is 6.38. The number of aliphatic carboxylic acids is 1. The van der Waals surface area contributed by atoms with E-state index in [1.165, 1.54) is 47.2 Å². The van der Waals surface area contributed by atoms with Gasteiger partial charge in [-0.3, -0.25) is 14.5 Å². The third-order valence-electron chi connectivity index (χ3n) is 5.64. The number of carboxylic acid groups (broad SMARTS) is 1. The minimum absolute atomic E-state index is 0.120. The van der Waals surface area contributed by atoms with Gasteiger partial charge in [0.15, 0.2) is 10.8 Å². The number of thioether (sulfide) groups is 1. The molecule has 0 aromatic carbocycles. The number of nitrogens with two attached hydrogens (primary N) is 1. The number of β-lactam (4-membered cyclic amide) rings is 1. The van der Waals surface area contributed by atoms with Crippen LogP contribution in [0, 0.1) is 0 Å². The summed E-state index contributed by atoms with van der Waals surface area (Å²) in [5, 5.41) is 25.9. The van der Waals surface area contributed by atoms with Crippen LogP contribution in [-0.4, -0.2) is 84.6 Å². The van der Waals surface area contributed by atoms with Crippen molar-refractivity contribution < 1.29 is 33.7 Å². The molecule has 4 N–H and O–H groups in total. The molecule has 0 aliphatic carbocycles. The fourth-order valence-corrected chi connectivity index (χ4v) is 5.88.